The van der Waals surface area contributed by atoms with Crippen molar-refractivity contribution in [2.24, 2.45) is 0 Å². The summed E-state index contributed by atoms with van der Waals surface area (Å²) < 4.78 is 16.5. The van der Waals surface area contributed by atoms with Gasteiger partial charge in [0.15, 0.2) is 5.82 Å². The molecule has 0 aliphatic heterocycles. The quantitative estimate of drug-likeness (QED) is 0.577. The Balaban J connectivity index is 2.51. The minimum absolute atomic E-state index is 0.148. The predicted octanol–water partition coefficient (Wildman–Crippen LogP) is 4.31. The molecule has 0 unspecified atom stereocenters. The molecular weight excluding hydrogens is 406 g/mol. The third kappa shape index (κ3) is 2.67. The number of hydrogen-bond donors (Lipinski definition) is 0. The summed E-state index contributed by atoms with van der Waals surface area (Å²) in [5, 5.41) is 0.314. The zero-order chi connectivity index (χ0) is 16.7. The van der Waals surface area contributed by atoms with Crippen molar-refractivity contribution in [1.29, 1.82) is 0 Å². The summed E-state index contributed by atoms with van der Waals surface area (Å²) in [6.07, 6.45) is 0.546. The SMILES string of the molecule is CCc1nc2c(F)cc(I)cc2c(=O)n1-c1c(C)cccc1C. The maximum atomic E-state index is 14.2. The van der Waals surface area contributed by atoms with Gasteiger partial charge in [0.25, 0.3) is 5.56 Å². The predicted molar refractivity (Wildman–Crippen MR) is 98.9 cm³/mol. The highest BCUT2D eigenvalue weighted by molar-refractivity contribution is 14.1. The molecular formula is C18H16FIN2O. The van der Waals surface area contributed by atoms with Crippen molar-refractivity contribution in [2.75, 3.05) is 0 Å². The number of para-hydroxylation sites is 1. The van der Waals surface area contributed by atoms with Gasteiger partial charge in [-0.25, -0.2) is 9.37 Å². The van der Waals surface area contributed by atoms with E-state index in [0.717, 1.165) is 16.8 Å². The van der Waals surface area contributed by atoms with Gasteiger partial charge in [-0.1, -0.05) is 25.1 Å². The maximum absolute atomic E-state index is 14.2. The van der Waals surface area contributed by atoms with Crippen LogP contribution in [0.15, 0.2) is 35.1 Å². The first-order valence-electron chi connectivity index (χ1n) is 7.41. The Morgan fingerprint density at radius 3 is 2.48 bits per heavy atom. The van der Waals surface area contributed by atoms with Gasteiger partial charge in [0.05, 0.1) is 11.1 Å². The number of nitrogens with zero attached hydrogens (tertiary/aromatic N) is 2. The highest BCUT2D eigenvalue weighted by atomic mass is 127. The van der Waals surface area contributed by atoms with E-state index in [0.29, 0.717) is 21.2 Å². The van der Waals surface area contributed by atoms with Gasteiger partial charge in [-0.3, -0.25) is 9.36 Å². The minimum atomic E-state index is -0.452. The molecule has 1 aromatic heterocycles. The Hall–Kier alpha value is -1.76. The standard InChI is InChI=1S/C18H16FIN2O/c1-4-15-21-16-13(8-12(20)9-14(16)19)18(23)22(15)17-10(2)6-5-7-11(17)3/h5-9H,4H2,1-3H3. The summed E-state index contributed by atoms with van der Waals surface area (Å²) in [5.74, 6) is 0.118. The van der Waals surface area contributed by atoms with Gasteiger partial charge in [-0.05, 0) is 59.7 Å². The van der Waals surface area contributed by atoms with Crippen molar-refractivity contribution >= 4 is 33.5 Å². The molecule has 118 valence electrons. The minimum Gasteiger partial charge on any atom is -0.268 e. The van der Waals surface area contributed by atoms with E-state index in [-0.39, 0.29) is 11.1 Å². The van der Waals surface area contributed by atoms with Crippen LogP contribution in [0.4, 0.5) is 4.39 Å². The number of rotatable bonds is 2. The van der Waals surface area contributed by atoms with Crippen LogP contribution in [0, 0.1) is 23.2 Å². The third-order valence-corrected chi connectivity index (χ3v) is 4.56. The Morgan fingerprint density at radius 2 is 1.87 bits per heavy atom. The van der Waals surface area contributed by atoms with E-state index in [1.54, 1.807) is 10.6 Å². The van der Waals surface area contributed by atoms with Gasteiger partial charge in [0, 0.05) is 9.99 Å². The van der Waals surface area contributed by atoms with Crippen molar-refractivity contribution in [2.45, 2.75) is 27.2 Å². The van der Waals surface area contributed by atoms with Crippen LogP contribution in [0.3, 0.4) is 0 Å². The molecule has 0 spiro atoms. The molecule has 0 N–H and O–H groups in total. The number of benzene rings is 2. The van der Waals surface area contributed by atoms with Crippen LogP contribution < -0.4 is 5.56 Å². The average Bonchev–Trinajstić information content (AvgIpc) is 2.49. The molecule has 23 heavy (non-hydrogen) atoms. The van der Waals surface area contributed by atoms with Crippen LogP contribution in [0.25, 0.3) is 16.6 Å². The molecule has 0 atom stereocenters. The van der Waals surface area contributed by atoms with Crippen molar-refractivity contribution in [3.8, 4) is 5.69 Å². The topological polar surface area (TPSA) is 34.9 Å². The summed E-state index contributed by atoms with van der Waals surface area (Å²) in [7, 11) is 0. The molecule has 0 aliphatic carbocycles. The first-order chi connectivity index (χ1) is 10.9. The molecule has 0 saturated heterocycles. The molecule has 0 saturated carbocycles. The molecule has 3 aromatic rings. The van der Waals surface area contributed by atoms with Crippen molar-refractivity contribution in [3.05, 3.63) is 67.0 Å². The van der Waals surface area contributed by atoms with Crippen LogP contribution in [0.1, 0.15) is 23.9 Å². The molecule has 0 bridgehead atoms. The van der Waals surface area contributed by atoms with E-state index in [1.165, 1.54) is 6.07 Å². The van der Waals surface area contributed by atoms with E-state index < -0.39 is 5.82 Å². The second-order valence-electron chi connectivity index (χ2n) is 5.55. The molecule has 0 aliphatic rings. The highest BCUT2D eigenvalue weighted by Gasteiger charge is 2.17. The van der Waals surface area contributed by atoms with Gasteiger partial charge in [-0.15, -0.1) is 0 Å². The Morgan fingerprint density at radius 1 is 1.22 bits per heavy atom. The number of halogens is 2. The van der Waals surface area contributed by atoms with Crippen LogP contribution in [-0.2, 0) is 6.42 Å². The number of aryl methyl sites for hydroxylation is 3. The van der Waals surface area contributed by atoms with Gasteiger partial charge in [0.1, 0.15) is 11.3 Å². The first-order valence-corrected chi connectivity index (χ1v) is 8.49. The Kier molecular flexibility index (Phi) is 4.23. The lowest BCUT2D eigenvalue weighted by molar-refractivity contribution is 0.633. The molecule has 0 radical (unpaired) electrons. The maximum Gasteiger partial charge on any atom is 0.266 e. The fraction of sp³-hybridized carbons (Fsp3) is 0.222. The molecule has 5 heteroatoms. The monoisotopic (exact) mass is 422 g/mol. The summed E-state index contributed by atoms with van der Waals surface area (Å²) in [6, 6.07) is 8.99. The van der Waals surface area contributed by atoms with E-state index in [9.17, 15) is 9.18 Å². The van der Waals surface area contributed by atoms with Crippen LogP contribution >= 0.6 is 22.6 Å². The molecule has 0 fully saturated rings. The zero-order valence-electron chi connectivity index (χ0n) is 13.2. The zero-order valence-corrected chi connectivity index (χ0v) is 15.3. The number of aromatic nitrogens is 2. The van der Waals surface area contributed by atoms with Crippen LogP contribution in [0.5, 0.6) is 0 Å². The normalized spacial score (nSPS) is 11.2. The molecule has 0 amide bonds. The molecule has 3 nitrogen and oxygen atoms in total. The Labute approximate surface area is 147 Å². The molecule has 2 aromatic carbocycles. The largest absolute Gasteiger partial charge is 0.268 e. The van der Waals surface area contributed by atoms with E-state index in [4.69, 9.17) is 0 Å². The first kappa shape index (κ1) is 16.1. The molecule has 1 heterocycles. The van der Waals surface area contributed by atoms with Gasteiger partial charge in [-0.2, -0.15) is 0 Å². The number of hydrogen-bond acceptors (Lipinski definition) is 2. The van der Waals surface area contributed by atoms with Crippen molar-refractivity contribution < 1.29 is 4.39 Å². The summed E-state index contributed by atoms with van der Waals surface area (Å²) in [4.78, 5) is 17.5. The number of fused-ring (bicyclic) bond motifs is 1. The molecule has 3 rings (SSSR count). The second-order valence-corrected chi connectivity index (χ2v) is 6.79. The summed E-state index contributed by atoms with van der Waals surface area (Å²) >= 11 is 2.01. The van der Waals surface area contributed by atoms with Gasteiger partial charge >= 0.3 is 0 Å². The van der Waals surface area contributed by atoms with Crippen LogP contribution in [0.2, 0.25) is 0 Å². The highest BCUT2D eigenvalue weighted by Crippen LogP contribution is 2.22. The van der Waals surface area contributed by atoms with Crippen molar-refractivity contribution in [1.82, 2.24) is 9.55 Å². The van der Waals surface area contributed by atoms with E-state index in [2.05, 4.69) is 4.98 Å². The lowest BCUT2D eigenvalue weighted by Gasteiger charge is -2.17. The lowest BCUT2D eigenvalue weighted by Crippen LogP contribution is -2.25. The fourth-order valence-electron chi connectivity index (χ4n) is 2.89. The van der Waals surface area contributed by atoms with Crippen LogP contribution in [-0.4, -0.2) is 9.55 Å². The van der Waals surface area contributed by atoms with Gasteiger partial charge < -0.3 is 0 Å². The average molecular weight is 422 g/mol. The third-order valence-electron chi connectivity index (χ3n) is 3.94. The second kappa shape index (κ2) is 6.03. The van der Waals surface area contributed by atoms with E-state index >= 15 is 0 Å². The lowest BCUT2D eigenvalue weighted by atomic mass is 10.1. The fourth-order valence-corrected chi connectivity index (χ4v) is 3.47. The smallest absolute Gasteiger partial charge is 0.266 e. The summed E-state index contributed by atoms with van der Waals surface area (Å²) in [6.45, 7) is 5.85. The Bertz CT molecular complexity index is 959. The summed E-state index contributed by atoms with van der Waals surface area (Å²) in [5.41, 5.74) is 2.75. The van der Waals surface area contributed by atoms with Gasteiger partial charge in [0.2, 0.25) is 0 Å². The van der Waals surface area contributed by atoms with Crippen molar-refractivity contribution in [3.63, 3.8) is 0 Å². The van der Waals surface area contributed by atoms with E-state index in [1.807, 2.05) is 61.6 Å².